The van der Waals surface area contributed by atoms with Crippen molar-refractivity contribution in [3.8, 4) is 11.6 Å². The summed E-state index contributed by atoms with van der Waals surface area (Å²) in [7, 11) is -3.99. The second-order valence-corrected chi connectivity index (χ2v) is 24.8. The average Bonchev–Trinajstić information content (AvgIpc) is 4.20. The number of nitrogens with one attached hydrogen (secondary N) is 1. The summed E-state index contributed by atoms with van der Waals surface area (Å²) < 4.78 is 53.1. The van der Waals surface area contributed by atoms with Gasteiger partial charge in [0.15, 0.2) is 5.78 Å². The normalized spacial score (nSPS) is 29.9. The Morgan fingerprint density at radius 1 is 1.00 bits per heavy atom. The summed E-state index contributed by atoms with van der Waals surface area (Å²) in [6, 6.07) is 6.67. The monoisotopic (exact) mass is 946 g/mol. The number of sulfonamides is 1. The lowest BCUT2D eigenvalue weighted by Gasteiger charge is -2.34. The summed E-state index contributed by atoms with van der Waals surface area (Å²) in [5.41, 5.74) is -1.21. The summed E-state index contributed by atoms with van der Waals surface area (Å²) in [6.45, 7) is 18.1. The molecule has 5 fully saturated rings. The van der Waals surface area contributed by atoms with Crippen molar-refractivity contribution in [2.75, 3.05) is 26.2 Å². The number of carbonyl (C=O) groups is 5. The first-order chi connectivity index (χ1) is 31.5. The van der Waals surface area contributed by atoms with Crippen LogP contribution in [-0.2, 0) is 45.1 Å². The van der Waals surface area contributed by atoms with Crippen LogP contribution in [0.5, 0.6) is 11.6 Å². The lowest BCUT2D eigenvalue weighted by molar-refractivity contribution is -0.154. The number of hydrogen-bond donors (Lipinski definition) is 1. The third kappa shape index (κ3) is 10.6. The number of rotatable bonds is 10. The number of para-hydroxylation sites is 1. The van der Waals surface area contributed by atoms with Crippen molar-refractivity contribution in [3.05, 3.63) is 42.5 Å². The Balaban J connectivity index is 1.11. The Kier molecular flexibility index (Phi) is 13.3. The van der Waals surface area contributed by atoms with Crippen molar-refractivity contribution in [3.63, 3.8) is 0 Å². The van der Waals surface area contributed by atoms with Crippen LogP contribution >= 0.6 is 0 Å². The number of ketones is 1. The zero-order valence-corrected chi connectivity index (χ0v) is 41.2. The van der Waals surface area contributed by atoms with E-state index in [1.807, 2.05) is 65.8 Å². The number of fused-ring (bicyclic) bond motifs is 5. The van der Waals surface area contributed by atoms with Gasteiger partial charge in [-0.25, -0.2) is 18.2 Å². The third-order valence-electron chi connectivity index (χ3n) is 15.0. The molecular weight excluding hydrogens is 877 g/mol. The number of esters is 1. The third-order valence-corrected chi connectivity index (χ3v) is 17.2. The van der Waals surface area contributed by atoms with E-state index in [2.05, 4.69) is 11.3 Å². The smallest absolute Gasteiger partial charge is 0.410 e. The van der Waals surface area contributed by atoms with Crippen LogP contribution in [0.4, 0.5) is 4.79 Å². The largest absolute Gasteiger partial charge is 0.492 e. The predicted octanol–water partition coefficient (Wildman–Crippen LogP) is 7.47. The molecule has 8 rings (SSSR count). The van der Waals surface area contributed by atoms with Crippen LogP contribution in [0.25, 0.3) is 10.9 Å². The molecule has 3 saturated carbocycles. The van der Waals surface area contributed by atoms with E-state index in [9.17, 15) is 27.6 Å². The quantitative estimate of drug-likeness (QED) is 0.183. The molecule has 366 valence electrons. The lowest BCUT2D eigenvalue weighted by atomic mass is 9.77. The van der Waals surface area contributed by atoms with E-state index in [4.69, 9.17) is 23.9 Å². The second kappa shape index (κ2) is 18.3. The molecule has 4 heterocycles. The van der Waals surface area contributed by atoms with E-state index in [-0.39, 0.29) is 56.3 Å². The van der Waals surface area contributed by atoms with Gasteiger partial charge in [-0.15, -0.1) is 6.58 Å². The summed E-state index contributed by atoms with van der Waals surface area (Å²) in [5, 5.41) is 0.823. The van der Waals surface area contributed by atoms with Crippen LogP contribution in [0.1, 0.15) is 131 Å². The fourth-order valence-corrected chi connectivity index (χ4v) is 11.6. The molecule has 0 spiro atoms. The Hall–Kier alpha value is -4.73. The Morgan fingerprint density at radius 3 is 2.43 bits per heavy atom. The molecule has 6 aliphatic rings. The maximum Gasteiger partial charge on any atom is 0.410 e. The highest BCUT2D eigenvalue weighted by Gasteiger charge is 2.62. The number of aromatic nitrogens is 1. The number of carbonyl (C=O) groups excluding carboxylic acids is 5. The molecule has 3 aliphatic carbocycles. The van der Waals surface area contributed by atoms with Crippen molar-refractivity contribution in [1.29, 1.82) is 0 Å². The van der Waals surface area contributed by atoms with Crippen LogP contribution in [0, 0.1) is 34.5 Å². The van der Waals surface area contributed by atoms with Crippen LogP contribution in [0.15, 0.2) is 36.9 Å². The van der Waals surface area contributed by atoms with E-state index in [1.165, 1.54) is 4.90 Å². The van der Waals surface area contributed by atoms with Crippen molar-refractivity contribution >= 4 is 50.6 Å². The van der Waals surface area contributed by atoms with Gasteiger partial charge < -0.3 is 28.7 Å². The van der Waals surface area contributed by atoms with Crippen molar-refractivity contribution in [1.82, 2.24) is 19.5 Å². The predicted molar refractivity (Wildman–Crippen MR) is 250 cm³/mol. The minimum Gasteiger partial charge on any atom is -0.492 e. The second-order valence-electron chi connectivity index (χ2n) is 22.6. The first kappa shape index (κ1) is 48.7. The fraction of sp³-hybridized carbons (Fsp3) is 0.686. The summed E-state index contributed by atoms with van der Waals surface area (Å²) in [5.74, 6) is -1.94. The standard InChI is InChI=1S/C51H70N4O11S/c1-9-33-26-51(33,46(59)53-67(61,62)50(8)20-21-50)27-40(56)39-24-34-29-55(39)45(58)37(48(2,3)4)25-42(57)65-41-23-32(41)15-11-10-12-17-36-43(35-16-13-14-18-38(35)52-44(36)64-34)63-30-31-19-22-54(28-31)47(60)66-49(5,6)7/h9,13-14,16,18,31-34,37,39,41H,1,10-12,15,17,19-30H2,2-8H3,(H,53,59)/t31-,32-,33-,34-,37-,39+,41-,51-/m1/s1. The van der Waals surface area contributed by atoms with Crippen LogP contribution in [0.2, 0.25) is 0 Å². The van der Waals surface area contributed by atoms with E-state index < -0.39 is 78.7 Å². The van der Waals surface area contributed by atoms with Gasteiger partial charge in [-0.1, -0.05) is 51.8 Å². The summed E-state index contributed by atoms with van der Waals surface area (Å²) >= 11 is 0. The van der Waals surface area contributed by atoms with E-state index >= 15 is 4.79 Å². The highest BCUT2D eigenvalue weighted by molar-refractivity contribution is 7.91. The van der Waals surface area contributed by atoms with Gasteiger partial charge in [-0.2, -0.15) is 0 Å². The van der Waals surface area contributed by atoms with E-state index in [1.54, 1.807) is 17.9 Å². The lowest BCUT2D eigenvalue weighted by Crippen LogP contribution is -2.49. The number of Topliss-reactive ketones (excluding diaryl/α,β-unsaturated/α-hetero) is 1. The highest BCUT2D eigenvalue weighted by Crippen LogP contribution is 2.57. The van der Waals surface area contributed by atoms with Gasteiger partial charge in [0.25, 0.3) is 0 Å². The Morgan fingerprint density at radius 2 is 1.75 bits per heavy atom. The number of ether oxygens (including phenoxy) is 4. The highest BCUT2D eigenvalue weighted by atomic mass is 32.2. The minimum absolute atomic E-state index is 0.00505. The molecule has 0 radical (unpaired) electrons. The first-order valence-corrected chi connectivity index (χ1v) is 25.9. The SMILES string of the molecule is C=C[C@@H]1C[C@]1(CC(=O)[C@@H]1C[C@@H]2CN1C(=O)[C@H](C(C)(C)C)CC(=O)O[C@@H]1C[C@H]1CCCCCc1c(nc3ccccc3c1OC[C@@H]1CCN(C(=O)OC(C)(C)C)C1)O2)C(=O)NS(=O)(=O)C1(C)CC1. The number of amides is 3. The molecule has 3 amide bonds. The molecular formula is C51H70N4O11S. The van der Waals surface area contributed by atoms with Crippen LogP contribution in [0.3, 0.4) is 0 Å². The Labute approximate surface area is 395 Å². The van der Waals surface area contributed by atoms with Gasteiger partial charge in [0.05, 0.1) is 52.8 Å². The average molecular weight is 947 g/mol. The number of allylic oxidation sites excluding steroid dienone is 1. The molecule has 8 atom stereocenters. The fourth-order valence-electron chi connectivity index (χ4n) is 10.2. The summed E-state index contributed by atoms with van der Waals surface area (Å²) in [4.78, 5) is 78.6. The zero-order chi connectivity index (χ0) is 48.3. The van der Waals surface area contributed by atoms with Crippen LogP contribution < -0.4 is 14.2 Å². The van der Waals surface area contributed by atoms with Crippen molar-refractivity contribution < 1.29 is 51.3 Å². The molecule has 67 heavy (non-hydrogen) atoms. The molecule has 1 aromatic carbocycles. The van der Waals surface area contributed by atoms with Gasteiger partial charge in [0.2, 0.25) is 27.7 Å². The number of likely N-dealkylation sites (tertiary alicyclic amines) is 1. The van der Waals surface area contributed by atoms with Crippen LogP contribution in [-0.4, -0.2) is 108 Å². The molecule has 1 N–H and O–H groups in total. The maximum absolute atomic E-state index is 15.0. The van der Waals surface area contributed by atoms with E-state index in [0.717, 1.165) is 49.5 Å². The topological polar surface area (TPSA) is 188 Å². The minimum atomic E-state index is -3.99. The molecule has 1 aromatic heterocycles. The molecule has 3 aliphatic heterocycles. The molecule has 16 heteroatoms. The first-order valence-electron chi connectivity index (χ1n) is 24.4. The number of nitrogens with zero attached hydrogens (tertiary/aromatic N) is 3. The zero-order valence-electron chi connectivity index (χ0n) is 40.4. The van der Waals surface area contributed by atoms with Gasteiger partial charge >= 0.3 is 12.1 Å². The van der Waals surface area contributed by atoms with Gasteiger partial charge in [0.1, 0.15) is 23.6 Å². The molecule has 2 aromatic rings. The van der Waals surface area contributed by atoms with Gasteiger partial charge in [-0.3, -0.25) is 23.9 Å². The maximum atomic E-state index is 15.0. The number of hydrogen-bond acceptors (Lipinski definition) is 12. The molecule has 15 nitrogen and oxygen atoms in total. The van der Waals surface area contributed by atoms with E-state index in [0.29, 0.717) is 56.1 Å². The molecule has 2 saturated heterocycles. The van der Waals surface area contributed by atoms with Gasteiger partial charge in [-0.05, 0) is 108 Å². The number of pyridine rings is 1. The number of benzene rings is 1. The molecule has 0 unspecified atom stereocenters. The van der Waals surface area contributed by atoms with Crippen molar-refractivity contribution in [2.45, 2.75) is 161 Å². The Bertz CT molecular complexity index is 2400. The molecule has 2 bridgehead atoms. The van der Waals surface area contributed by atoms with Crippen molar-refractivity contribution in [2.24, 2.45) is 34.5 Å². The summed E-state index contributed by atoms with van der Waals surface area (Å²) in [6.07, 6.45) is 6.73. The van der Waals surface area contributed by atoms with Gasteiger partial charge in [0, 0.05) is 37.2 Å².